The molecule has 0 radical (unpaired) electrons. The van der Waals surface area contributed by atoms with Gasteiger partial charge in [-0.25, -0.2) is 9.97 Å². The summed E-state index contributed by atoms with van der Waals surface area (Å²) >= 11 is 1.77. The van der Waals surface area contributed by atoms with Crippen LogP contribution in [-0.2, 0) is 11.2 Å². The van der Waals surface area contributed by atoms with Crippen LogP contribution in [0.1, 0.15) is 24.1 Å². The van der Waals surface area contributed by atoms with Crippen LogP contribution in [0.5, 0.6) is 5.88 Å². The summed E-state index contributed by atoms with van der Waals surface area (Å²) < 4.78 is 5.22. The normalized spacial score (nSPS) is 23.0. The maximum atomic E-state index is 12.5. The van der Waals surface area contributed by atoms with Crippen molar-refractivity contribution in [1.82, 2.24) is 14.9 Å². The fourth-order valence-corrected chi connectivity index (χ4v) is 4.85. The Morgan fingerprint density at radius 2 is 2.27 bits per heavy atom. The molecule has 0 aliphatic carbocycles. The Hall–Kier alpha value is -2.15. The van der Waals surface area contributed by atoms with Crippen LogP contribution in [0.2, 0.25) is 0 Å². The number of carbonyl (C=O) groups excluding carboxylic acids is 1. The van der Waals surface area contributed by atoms with Gasteiger partial charge in [0.1, 0.15) is 12.1 Å². The van der Waals surface area contributed by atoms with E-state index in [-0.39, 0.29) is 0 Å². The van der Waals surface area contributed by atoms with Crippen molar-refractivity contribution >= 4 is 23.1 Å². The van der Waals surface area contributed by atoms with Gasteiger partial charge in [-0.05, 0) is 36.6 Å². The van der Waals surface area contributed by atoms with Crippen molar-refractivity contribution in [3.63, 3.8) is 0 Å². The number of fused-ring (bicyclic) bond motifs is 1. The average Bonchev–Trinajstić information content (AvgIpc) is 3.20. The quantitative estimate of drug-likeness (QED) is 0.807. The second-order valence-corrected chi connectivity index (χ2v) is 7.97. The van der Waals surface area contributed by atoms with Crippen LogP contribution in [0.4, 0.5) is 5.82 Å². The molecule has 2 aromatic heterocycles. The molecule has 2 aliphatic heterocycles. The summed E-state index contributed by atoms with van der Waals surface area (Å²) in [4.78, 5) is 26.8. The Morgan fingerprint density at radius 3 is 3.08 bits per heavy atom. The molecule has 0 bridgehead atoms. The number of carbonyl (C=O) groups is 1. The SMILES string of the molecule is COc1cc(N2CC[C@H]3[C@H](CCC(=O)N3CCc3cccs3)C2)ncn1. The van der Waals surface area contributed by atoms with Gasteiger partial charge in [0.15, 0.2) is 0 Å². The molecule has 26 heavy (non-hydrogen) atoms. The van der Waals surface area contributed by atoms with Gasteiger partial charge >= 0.3 is 0 Å². The van der Waals surface area contributed by atoms with E-state index < -0.39 is 0 Å². The Balaban J connectivity index is 1.43. The molecule has 4 heterocycles. The van der Waals surface area contributed by atoms with E-state index in [4.69, 9.17) is 4.74 Å². The van der Waals surface area contributed by atoms with Gasteiger partial charge in [-0.1, -0.05) is 6.07 Å². The van der Waals surface area contributed by atoms with Crippen molar-refractivity contribution in [1.29, 1.82) is 0 Å². The predicted molar refractivity (Wildman–Crippen MR) is 102 cm³/mol. The number of ether oxygens (including phenoxy) is 1. The van der Waals surface area contributed by atoms with E-state index in [2.05, 4.69) is 37.3 Å². The van der Waals surface area contributed by atoms with E-state index >= 15 is 0 Å². The standard InChI is InChI=1S/C19H24N4O2S/c1-25-18-11-17(20-13-21-18)22-8-7-16-14(12-22)4-5-19(24)23(16)9-6-15-3-2-10-26-15/h2-3,10-11,13-14,16H,4-9,12H2,1H3/t14-,16+/m1/s1. The number of thiophene rings is 1. The number of nitrogens with zero attached hydrogens (tertiary/aromatic N) is 4. The summed E-state index contributed by atoms with van der Waals surface area (Å²) in [7, 11) is 1.62. The molecule has 138 valence electrons. The highest BCUT2D eigenvalue weighted by Crippen LogP contribution is 2.33. The van der Waals surface area contributed by atoms with Crippen molar-refractivity contribution in [2.75, 3.05) is 31.6 Å². The lowest BCUT2D eigenvalue weighted by atomic mass is 9.83. The van der Waals surface area contributed by atoms with Crippen molar-refractivity contribution < 1.29 is 9.53 Å². The third kappa shape index (κ3) is 3.53. The summed E-state index contributed by atoms with van der Waals surface area (Å²) in [5.41, 5.74) is 0. The summed E-state index contributed by atoms with van der Waals surface area (Å²) in [5.74, 6) is 2.33. The topological polar surface area (TPSA) is 58.6 Å². The van der Waals surface area contributed by atoms with Gasteiger partial charge < -0.3 is 14.5 Å². The van der Waals surface area contributed by atoms with Crippen molar-refractivity contribution in [2.24, 2.45) is 5.92 Å². The first-order valence-corrected chi connectivity index (χ1v) is 10.1. The van der Waals surface area contributed by atoms with E-state index in [1.165, 1.54) is 4.88 Å². The lowest BCUT2D eigenvalue weighted by molar-refractivity contribution is -0.139. The number of piperidine rings is 2. The number of anilines is 1. The minimum absolute atomic E-state index is 0.319. The Bertz CT molecular complexity index is 752. The van der Waals surface area contributed by atoms with Gasteiger partial charge in [-0.3, -0.25) is 4.79 Å². The molecule has 6 nitrogen and oxygen atoms in total. The molecule has 0 spiro atoms. The Kier molecular flexibility index (Phi) is 5.06. The van der Waals surface area contributed by atoms with Crippen LogP contribution in [0.3, 0.4) is 0 Å². The van der Waals surface area contributed by atoms with Crippen LogP contribution in [0, 0.1) is 5.92 Å². The molecule has 2 fully saturated rings. The van der Waals surface area contributed by atoms with Gasteiger partial charge in [-0.2, -0.15) is 0 Å². The molecule has 2 aliphatic rings. The maximum Gasteiger partial charge on any atom is 0.222 e. The summed E-state index contributed by atoms with van der Waals surface area (Å²) in [6.07, 6.45) is 5.13. The van der Waals surface area contributed by atoms with Crippen molar-refractivity contribution in [3.05, 3.63) is 34.8 Å². The van der Waals surface area contributed by atoms with Gasteiger partial charge in [-0.15, -0.1) is 11.3 Å². The zero-order valence-electron chi connectivity index (χ0n) is 15.0. The van der Waals surface area contributed by atoms with Crippen LogP contribution in [-0.4, -0.2) is 53.6 Å². The Morgan fingerprint density at radius 1 is 1.35 bits per heavy atom. The third-order valence-corrected chi connectivity index (χ3v) is 6.42. The molecule has 2 saturated heterocycles. The highest BCUT2D eigenvalue weighted by atomic mass is 32.1. The minimum Gasteiger partial charge on any atom is -0.481 e. The monoisotopic (exact) mass is 372 g/mol. The smallest absolute Gasteiger partial charge is 0.222 e. The zero-order chi connectivity index (χ0) is 17.9. The minimum atomic E-state index is 0.319. The number of aromatic nitrogens is 2. The largest absolute Gasteiger partial charge is 0.481 e. The first kappa shape index (κ1) is 17.3. The number of methoxy groups -OCH3 is 1. The molecule has 7 heteroatoms. The lowest BCUT2D eigenvalue weighted by Gasteiger charge is -2.47. The van der Waals surface area contributed by atoms with E-state index in [9.17, 15) is 4.79 Å². The van der Waals surface area contributed by atoms with E-state index in [0.29, 0.717) is 30.2 Å². The second kappa shape index (κ2) is 7.61. The van der Waals surface area contributed by atoms with Gasteiger partial charge in [0.25, 0.3) is 0 Å². The summed E-state index contributed by atoms with van der Waals surface area (Å²) in [5, 5.41) is 2.10. The molecule has 4 rings (SSSR count). The van der Waals surface area contributed by atoms with Gasteiger partial charge in [0, 0.05) is 43.0 Å². The number of hydrogen-bond acceptors (Lipinski definition) is 6. The third-order valence-electron chi connectivity index (χ3n) is 5.48. The van der Waals surface area contributed by atoms with Gasteiger partial charge in [0.2, 0.25) is 11.8 Å². The first-order valence-electron chi connectivity index (χ1n) is 9.17. The molecule has 0 saturated carbocycles. The molecule has 0 N–H and O–H groups in total. The number of amides is 1. The first-order chi connectivity index (χ1) is 12.7. The van der Waals surface area contributed by atoms with Crippen LogP contribution in [0.15, 0.2) is 29.9 Å². The number of likely N-dealkylation sites (tertiary alicyclic amines) is 1. The average molecular weight is 372 g/mol. The van der Waals surface area contributed by atoms with Crippen LogP contribution < -0.4 is 9.64 Å². The molecular formula is C19H24N4O2S. The van der Waals surface area contributed by atoms with Crippen LogP contribution >= 0.6 is 11.3 Å². The van der Waals surface area contributed by atoms with Crippen LogP contribution in [0.25, 0.3) is 0 Å². The molecule has 2 atom stereocenters. The van der Waals surface area contributed by atoms with Gasteiger partial charge in [0.05, 0.1) is 7.11 Å². The summed E-state index contributed by atoms with van der Waals surface area (Å²) in [6, 6.07) is 6.48. The second-order valence-electron chi connectivity index (χ2n) is 6.94. The van der Waals surface area contributed by atoms with E-state index in [1.807, 2.05) is 6.07 Å². The highest BCUT2D eigenvalue weighted by molar-refractivity contribution is 7.09. The predicted octanol–water partition coefficient (Wildman–Crippen LogP) is 2.61. The number of rotatable bonds is 5. The summed E-state index contributed by atoms with van der Waals surface area (Å²) in [6.45, 7) is 2.68. The van der Waals surface area contributed by atoms with Crippen molar-refractivity contribution in [3.8, 4) is 5.88 Å². The molecule has 1 amide bonds. The molecule has 2 aromatic rings. The maximum absolute atomic E-state index is 12.5. The molecular weight excluding hydrogens is 348 g/mol. The molecule has 0 unspecified atom stereocenters. The highest BCUT2D eigenvalue weighted by Gasteiger charge is 2.39. The fraction of sp³-hybridized carbons (Fsp3) is 0.526. The zero-order valence-corrected chi connectivity index (χ0v) is 15.8. The fourth-order valence-electron chi connectivity index (χ4n) is 4.15. The Labute approximate surface area is 157 Å². The van der Waals surface area contributed by atoms with E-state index in [1.54, 1.807) is 24.8 Å². The molecule has 0 aromatic carbocycles. The number of hydrogen-bond donors (Lipinski definition) is 0. The van der Waals surface area contributed by atoms with E-state index in [0.717, 1.165) is 44.7 Å². The lowest BCUT2D eigenvalue weighted by Crippen LogP contribution is -2.56. The van der Waals surface area contributed by atoms with Crippen molar-refractivity contribution in [2.45, 2.75) is 31.7 Å².